The molecule has 1 fully saturated rings. The minimum absolute atomic E-state index is 0.274. The highest BCUT2D eigenvalue weighted by Gasteiger charge is 2.32. The topological polar surface area (TPSA) is 29.1 Å². The Bertz CT molecular complexity index is 285. The number of rotatable bonds is 8. The van der Waals surface area contributed by atoms with Crippen molar-refractivity contribution >= 4 is 5.91 Å². The Balaban J connectivity index is 2.15. The van der Waals surface area contributed by atoms with Crippen molar-refractivity contribution in [3.05, 3.63) is 0 Å². The van der Waals surface area contributed by atoms with Crippen LogP contribution >= 0.6 is 0 Å². The number of nitrogens with one attached hydrogen (secondary N) is 1. The molecule has 2 nitrogen and oxygen atoms in total. The summed E-state index contributed by atoms with van der Waals surface area (Å²) in [5.74, 6) is 1.01. The van der Waals surface area contributed by atoms with Gasteiger partial charge in [-0.3, -0.25) is 4.79 Å². The van der Waals surface area contributed by atoms with Gasteiger partial charge in [-0.2, -0.15) is 0 Å². The molecule has 0 aromatic rings. The molecule has 0 aromatic carbocycles. The van der Waals surface area contributed by atoms with Gasteiger partial charge in [0, 0.05) is 12.5 Å². The molecule has 1 aliphatic rings. The van der Waals surface area contributed by atoms with Crippen molar-refractivity contribution < 1.29 is 4.79 Å². The van der Waals surface area contributed by atoms with Gasteiger partial charge in [0.15, 0.2) is 0 Å². The van der Waals surface area contributed by atoms with Crippen molar-refractivity contribution in [2.24, 2.45) is 11.3 Å². The zero-order valence-corrected chi connectivity index (χ0v) is 14.1. The Kier molecular flexibility index (Phi) is 7.61. The summed E-state index contributed by atoms with van der Waals surface area (Å²) in [7, 11) is 0. The van der Waals surface area contributed by atoms with Crippen LogP contribution in [0.1, 0.15) is 91.9 Å². The lowest BCUT2D eigenvalue weighted by Gasteiger charge is -2.39. The normalized spacial score (nSPS) is 25.4. The highest BCUT2D eigenvalue weighted by atomic mass is 16.1. The third-order valence-corrected chi connectivity index (χ3v) is 4.51. The molecule has 0 spiro atoms. The van der Waals surface area contributed by atoms with Crippen molar-refractivity contribution in [3.8, 4) is 0 Å². The summed E-state index contributed by atoms with van der Waals surface area (Å²) in [5, 5.41) is 3.27. The van der Waals surface area contributed by atoms with Crippen LogP contribution in [-0.4, -0.2) is 11.9 Å². The fourth-order valence-corrected chi connectivity index (χ4v) is 3.82. The predicted octanol–water partition coefficient (Wildman–Crippen LogP) is 5.07. The number of unbranched alkanes of at least 4 members (excludes halogenated alkanes) is 5. The van der Waals surface area contributed by atoms with Crippen LogP contribution in [0.4, 0.5) is 0 Å². The van der Waals surface area contributed by atoms with E-state index < -0.39 is 0 Å². The van der Waals surface area contributed by atoms with Gasteiger partial charge < -0.3 is 5.32 Å². The fraction of sp³-hybridized carbons (Fsp3) is 0.944. The molecule has 1 aliphatic carbocycles. The Hall–Kier alpha value is -0.530. The first-order valence-corrected chi connectivity index (χ1v) is 8.72. The third-order valence-electron chi connectivity index (χ3n) is 4.51. The summed E-state index contributed by atoms with van der Waals surface area (Å²) in [6.45, 7) is 9.21. The van der Waals surface area contributed by atoms with Crippen molar-refractivity contribution in [2.75, 3.05) is 0 Å². The third kappa shape index (κ3) is 7.31. The van der Waals surface area contributed by atoms with Gasteiger partial charge in [0.1, 0.15) is 0 Å². The van der Waals surface area contributed by atoms with Gasteiger partial charge in [0.05, 0.1) is 0 Å². The van der Waals surface area contributed by atoms with Gasteiger partial charge in [-0.05, 0) is 37.0 Å². The molecule has 1 saturated carbocycles. The fourth-order valence-electron chi connectivity index (χ4n) is 3.82. The molecular weight excluding hydrogens is 246 g/mol. The molecule has 0 heterocycles. The number of carbonyl (C=O) groups is 1. The van der Waals surface area contributed by atoms with Crippen LogP contribution < -0.4 is 5.32 Å². The van der Waals surface area contributed by atoms with E-state index in [9.17, 15) is 4.79 Å². The quantitative estimate of drug-likeness (QED) is 0.618. The SMILES string of the molecule is CCCCCCCCC(=O)N[C@@H]1C[C@H](C)CC(C)(C)C1. The molecule has 0 unspecified atom stereocenters. The van der Waals surface area contributed by atoms with Gasteiger partial charge in [0.25, 0.3) is 0 Å². The lowest BCUT2D eigenvalue weighted by atomic mass is 9.70. The van der Waals surface area contributed by atoms with Crippen LogP contribution in [0.5, 0.6) is 0 Å². The predicted molar refractivity (Wildman–Crippen MR) is 86.7 cm³/mol. The summed E-state index contributed by atoms with van der Waals surface area (Å²) in [6.07, 6.45) is 11.8. The number of hydrogen-bond acceptors (Lipinski definition) is 1. The van der Waals surface area contributed by atoms with Gasteiger partial charge in [-0.1, -0.05) is 59.8 Å². The first kappa shape index (κ1) is 17.5. The highest BCUT2D eigenvalue weighted by molar-refractivity contribution is 5.76. The average molecular weight is 281 g/mol. The molecule has 0 aliphatic heterocycles. The van der Waals surface area contributed by atoms with E-state index in [2.05, 4.69) is 33.0 Å². The molecule has 1 N–H and O–H groups in total. The molecule has 1 amide bonds. The second-order valence-electron chi connectivity index (χ2n) is 7.70. The average Bonchev–Trinajstić information content (AvgIpc) is 2.30. The summed E-state index contributed by atoms with van der Waals surface area (Å²) in [4.78, 5) is 12.0. The van der Waals surface area contributed by atoms with Crippen LogP contribution in [0.25, 0.3) is 0 Å². The summed E-state index contributed by atoms with van der Waals surface area (Å²) >= 11 is 0. The molecule has 0 bridgehead atoms. The molecule has 1 rings (SSSR count). The van der Waals surface area contributed by atoms with Crippen LogP contribution in [0.15, 0.2) is 0 Å². The number of carbonyl (C=O) groups excluding carboxylic acids is 1. The number of hydrogen-bond donors (Lipinski definition) is 1. The number of amides is 1. The molecule has 2 heteroatoms. The summed E-state index contributed by atoms with van der Waals surface area (Å²) in [5.41, 5.74) is 0.385. The van der Waals surface area contributed by atoms with Gasteiger partial charge >= 0.3 is 0 Å². The molecular formula is C18H35NO. The highest BCUT2D eigenvalue weighted by Crippen LogP contribution is 2.38. The summed E-state index contributed by atoms with van der Waals surface area (Å²) < 4.78 is 0. The van der Waals surface area contributed by atoms with E-state index in [1.54, 1.807) is 0 Å². The summed E-state index contributed by atoms with van der Waals surface area (Å²) in [6, 6.07) is 0.404. The maximum absolute atomic E-state index is 12.0. The minimum atomic E-state index is 0.274. The van der Waals surface area contributed by atoms with E-state index in [0.717, 1.165) is 31.6 Å². The van der Waals surface area contributed by atoms with Crippen LogP contribution in [0.2, 0.25) is 0 Å². The zero-order valence-electron chi connectivity index (χ0n) is 14.1. The van der Waals surface area contributed by atoms with Crippen LogP contribution in [0.3, 0.4) is 0 Å². The lowest BCUT2D eigenvalue weighted by molar-refractivity contribution is -0.122. The Morgan fingerprint density at radius 2 is 1.75 bits per heavy atom. The largest absolute Gasteiger partial charge is 0.353 e. The standard InChI is InChI=1S/C18H35NO/c1-5-6-7-8-9-10-11-17(20)19-16-12-15(2)13-18(3,4)14-16/h15-16H,5-14H2,1-4H3,(H,19,20)/t15-,16+/m0/s1. The molecule has 20 heavy (non-hydrogen) atoms. The van der Waals surface area contributed by atoms with E-state index >= 15 is 0 Å². The second-order valence-corrected chi connectivity index (χ2v) is 7.70. The molecule has 0 saturated heterocycles. The zero-order chi connectivity index (χ0) is 15.0. The van der Waals surface area contributed by atoms with Crippen molar-refractivity contribution in [2.45, 2.75) is 97.9 Å². The van der Waals surface area contributed by atoms with Gasteiger partial charge in [-0.25, -0.2) is 0 Å². The van der Waals surface area contributed by atoms with Crippen LogP contribution in [-0.2, 0) is 4.79 Å². The van der Waals surface area contributed by atoms with Crippen molar-refractivity contribution in [3.63, 3.8) is 0 Å². The Morgan fingerprint density at radius 1 is 1.10 bits per heavy atom. The van der Waals surface area contributed by atoms with Gasteiger partial charge in [0.2, 0.25) is 5.91 Å². The van der Waals surface area contributed by atoms with E-state index in [1.165, 1.54) is 38.5 Å². The minimum Gasteiger partial charge on any atom is -0.353 e. The molecule has 0 aromatic heterocycles. The van der Waals surface area contributed by atoms with Crippen molar-refractivity contribution in [1.82, 2.24) is 5.32 Å². The lowest BCUT2D eigenvalue weighted by Crippen LogP contribution is -2.42. The molecule has 118 valence electrons. The Morgan fingerprint density at radius 3 is 2.40 bits per heavy atom. The van der Waals surface area contributed by atoms with Gasteiger partial charge in [-0.15, -0.1) is 0 Å². The molecule has 2 atom stereocenters. The maximum atomic E-state index is 12.0. The Labute approximate surface area is 126 Å². The second kappa shape index (κ2) is 8.69. The van der Waals surface area contributed by atoms with E-state index in [1.807, 2.05) is 0 Å². The van der Waals surface area contributed by atoms with E-state index in [0.29, 0.717) is 11.5 Å². The smallest absolute Gasteiger partial charge is 0.220 e. The van der Waals surface area contributed by atoms with E-state index in [4.69, 9.17) is 0 Å². The first-order chi connectivity index (χ1) is 9.43. The molecule has 0 radical (unpaired) electrons. The van der Waals surface area contributed by atoms with Crippen molar-refractivity contribution in [1.29, 1.82) is 0 Å². The maximum Gasteiger partial charge on any atom is 0.220 e. The van der Waals surface area contributed by atoms with Crippen LogP contribution in [0, 0.1) is 11.3 Å². The first-order valence-electron chi connectivity index (χ1n) is 8.72. The monoisotopic (exact) mass is 281 g/mol. The van der Waals surface area contributed by atoms with E-state index in [-0.39, 0.29) is 5.91 Å².